The highest BCUT2D eigenvalue weighted by molar-refractivity contribution is 6.33. The normalized spacial score (nSPS) is 19.4. The van der Waals surface area contributed by atoms with Crippen molar-refractivity contribution >= 4 is 40.4 Å². The van der Waals surface area contributed by atoms with Crippen LogP contribution in [0, 0.1) is 0 Å². The quantitative estimate of drug-likeness (QED) is 0.756. The molecule has 0 aromatic heterocycles. The molecular weight excluding hydrogens is 331 g/mol. The number of hydrogen-bond donors (Lipinski definition) is 2. The first-order chi connectivity index (χ1) is 11.0. The molecule has 3 N–H and O–H groups in total. The number of piperidine rings is 1. The average molecular weight is 345 g/mol. The molecule has 1 saturated heterocycles. The fourth-order valence-electron chi connectivity index (χ4n) is 3.46. The van der Waals surface area contributed by atoms with E-state index in [1.165, 1.54) is 5.57 Å². The lowest BCUT2D eigenvalue weighted by Crippen LogP contribution is -2.32. The number of fused-ring (bicyclic) bond motifs is 3. The summed E-state index contributed by atoms with van der Waals surface area (Å²) in [5.41, 5.74) is 12.0. The molecule has 2 aromatic rings. The molecule has 5 heteroatoms. The molecule has 1 heterocycles. The van der Waals surface area contributed by atoms with Crippen LogP contribution in [0.5, 0.6) is 0 Å². The number of rotatable bonds is 1. The van der Waals surface area contributed by atoms with Crippen LogP contribution in [-0.4, -0.2) is 5.91 Å². The van der Waals surface area contributed by atoms with Crippen molar-refractivity contribution in [1.82, 2.24) is 5.32 Å². The van der Waals surface area contributed by atoms with Crippen molar-refractivity contribution in [1.29, 1.82) is 0 Å². The maximum absolute atomic E-state index is 11.8. The van der Waals surface area contributed by atoms with Crippen LogP contribution in [-0.2, 0) is 4.79 Å². The van der Waals surface area contributed by atoms with Crippen LogP contribution in [0.2, 0.25) is 10.0 Å². The van der Waals surface area contributed by atoms with E-state index in [4.69, 9.17) is 28.9 Å². The number of nitrogen functional groups attached to an aromatic ring is 1. The minimum atomic E-state index is -0.0737. The highest BCUT2D eigenvalue weighted by atomic mass is 35.5. The first kappa shape index (κ1) is 14.6. The van der Waals surface area contributed by atoms with Crippen molar-refractivity contribution in [3.05, 3.63) is 68.7 Å². The van der Waals surface area contributed by atoms with Gasteiger partial charge in [0, 0.05) is 11.4 Å². The van der Waals surface area contributed by atoms with E-state index in [2.05, 4.69) is 5.32 Å². The van der Waals surface area contributed by atoms with E-state index in [1.807, 2.05) is 30.3 Å². The number of halogens is 2. The number of hydrogen-bond acceptors (Lipinski definition) is 2. The molecule has 2 aromatic carbocycles. The lowest BCUT2D eigenvalue weighted by molar-refractivity contribution is -0.122. The number of carbonyl (C=O) groups excluding carboxylic acids is 1. The summed E-state index contributed by atoms with van der Waals surface area (Å²) < 4.78 is 0. The molecule has 1 amide bonds. The largest absolute Gasteiger partial charge is 0.398 e. The predicted octanol–water partition coefficient (Wildman–Crippen LogP) is 4.34. The Bertz CT molecular complexity index is 873. The van der Waals surface area contributed by atoms with Crippen LogP contribution >= 0.6 is 23.2 Å². The molecule has 0 spiro atoms. The van der Waals surface area contributed by atoms with E-state index in [0.29, 0.717) is 22.2 Å². The molecule has 2 aliphatic rings. The third-order valence-corrected chi connectivity index (χ3v) is 5.06. The van der Waals surface area contributed by atoms with Gasteiger partial charge in [-0.3, -0.25) is 4.79 Å². The fourth-order valence-corrected chi connectivity index (χ4v) is 3.75. The van der Waals surface area contributed by atoms with Gasteiger partial charge in [0.05, 0.1) is 16.8 Å². The standard InChI is InChI=1S/C18H14Cl2N2O/c19-10-2-3-11-13(8-10)17(9-1-5-14(20)15(21)7-9)12-4-6-16(23)22-18(11)12/h1-3,5,7-8,18H,4,6,21H2,(H,22,23). The SMILES string of the molecule is Nc1cc(C2=C3CCC(=O)NC3c3ccc(Cl)cc32)ccc1Cl. The first-order valence-electron chi connectivity index (χ1n) is 7.42. The van der Waals surface area contributed by atoms with Crippen LogP contribution < -0.4 is 11.1 Å². The summed E-state index contributed by atoms with van der Waals surface area (Å²) in [5.74, 6) is 0.0801. The van der Waals surface area contributed by atoms with E-state index in [9.17, 15) is 4.79 Å². The van der Waals surface area contributed by atoms with E-state index in [1.54, 1.807) is 6.07 Å². The zero-order valence-corrected chi connectivity index (χ0v) is 13.7. The Morgan fingerprint density at radius 3 is 2.70 bits per heavy atom. The van der Waals surface area contributed by atoms with Crippen LogP contribution in [0.15, 0.2) is 42.0 Å². The zero-order valence-electron chi connectivity index (χ0n) is 12.2. The average Bonchev–Trinajstić information content (AvgIpc) is 2.83. The van der Waals surface area contributed by atoms with E-state index >= 15 is 0 Å². The molecule has 23 heavy (non-hydrogen) atoms. The minimum absolute atomic E-state index is 0.0737. The molecule has 0 radical (unpaired) electrons. The molecular formula is C18H14Cl2N2O. The van der Waals surface area contributed by atoms with E-state index in [-0.39, 0.29) is 11.9 Å². The zero-order chi connectivity index (χ0) is 16.1. The van der Waals surface area contributed by atoms with Crippen LogP contribution in [0.1, 0.15) is 35.6 Å². The van der Waals surface area contributed by atoms with E-state index < -0.39 is 0 Å². The van der Waals surface area contributed by atoms with Crippen molar-refractivity contribution in [2.75, 3.05) is 5.73 Å². The minimum Gasteiger partial charge on any atom is -0.398 e. The highest BCUT2D eigenvalue weighted by Crippen LogP contribution is 2.48. The monoisotopic (exact) mass is 344 g/mol. The summed E-state index contributed by atoms with van der Waals surface area (Å²) in [5, 5.41) is 4.30. The summed E-state index contributed by atoms with van der Waals surface area (Å²) in [6.45, 7) is 0. The number of nitrogens with two attached hydrogens (primary N) is 1. The van der Waals surface area contributed by atoms with Gasteiger partial charge in [0.1, 0.15) is 0 Å². The predicted molar refractivity (Wildman–Crippen MR) is 93.5 cm³/mol. The molecule has 4 rings (SSSR count). The third kappa shape index (κ3) is 2.32. The van der Waals surface area contributed by atoms with Crippen LogP contribution in [0.25, 0.3) is 5.57 Å². The van der Waals surface area contributed by atoms with E-state index in [0.717, 1.165) is 28.7 Å². The maximum Gasteiger partial charge on any atom is 0.221 e. The number of benzene rings is 2. The summed E-state index contributed by atoms with van der Waals surface area (Å²) in [7, 11) is 0. The highest BCUT2D eigenvalue weighted by Gasteiger charge is 2.35. The van der Waals surface area contributed by atoms with Gasteiger partial charge in [-0.25, -0.2) is 0 Å². The van der Waals surface area contributed by atoms with Crippen molar-refractivity contribution in [3.8, 4) is 0 Å². The van der Waals surface area contributed by atoms with Crippen molar-refractivity contribution in [2.45, 2.75) is 18.9 Å². The Balaban J connectivity index is 1.95. The first-order valence-corrected chi connectivity index (χ1v) is 8.18. The second-order valence-electron chi connectivity index (χ2n) is 5.87. The Morgan fingerprint density at radius 1 is 1.09 bits per heavy atom. The molecule has 3 nitrogen and oxygen atoms in total. The Morgan fingerprint density at radius 2 is 1.91 bits per heavy atom. The van der Waals surface area contributed by atoms with Gasteiger partial charge < -0.3 is 11.1 Å². The van der Waals surface area contributed by atoms with Gasteiger partial charge in [-0.05, 0) is 58.5 Å². The molecule has 1 aliphatic heterocycles. The number of carbonyl (C=O) groups is 1. The molecule has 1 aliphatic carbocycles. The summed E-state index contributed by atoms with van der Waals surface area (Å²) >= 11 is 12.3. The van der Waals surface area contributed by atoms with Crippen molar-refractivity contribution < 1.29 is 4.79 Å². The van der Waals surface area contributed by atoms with Gasteiger partial charge in [-0.2, -0.15) is 0 Å². The third-order valence-electron chi connectivity index (χ3n) is 4.48. The second-order valence-corrected chi connectivity index (χ2v) is 6.71. The molecule has 0 bridgehead atoms. The van der Waals surface area contributed by atoms with Crippen LogP contribution in [0.4, 0.5) is 5.69 Å². The van der Waals surface area contributed by atoms with Crippen LogP contribution in [0.3, 0.4) is 0 Å². The van der Waals surface area contributed by atoms with Gasteiger partial charge in [-0.15, -0.1) is 0 Å². The smallest absolute Gasteiger partial charge is 0.221 e. The summed E-state index contributed by atoms with van der Waals surface area (Å²) in [4.78, 5) is 11.8. The topological polar surface area (TPSA) is 55.1 Å². The number of amides is 1. The lowest BCUT2D eigenvalue weighted by Gasteiger charge is -2.24. The second kappa shape index (κ2) is 5.29. The van der Waals surface area contributed by atoms with Crippen molar-refractivity contribution in [3.63, 3.8) is 0 Å². The number of anilines is 1. The Kier molecular flexibility index (Phi) is 3.36. The molecule has 1 unspecified atom stereocenters. The molecule has 116 valence electrons. The number of nitrogens with one attached hydrogen (secondary N) is 1. The molecule has 0 saturated carbocycles. The maximum atomic E-state index is 11.8. The molecule has 1 fully saturated rings. The van der Waals surface area contributed by atoms with Crippen molar-refractivity contribution in [2.24, 2.45) is 0 Å². The van der Waals surface area contributed by atoms with Gasteiger partial charge >= 0.3 is 0 Å². The van der Waals surface area contributed by atoms with Gasteiger partial charge in [-0.1, -0.05) is 35.3 Å². The molecule has 1 atom stereocenters. The summed E-state index contributed by atoms with van der Waals surface area (Å²) in [6.07, 6.45) is 1.24. The van der Waals surface area contributed by atoms with Gasteiger partial charge in [0.25, 0.3) is 0 Å². The summed E-state index contributed by atoms with van der Waals surface area (Å²) in [6, 6.07) is 11.4. The lowest BCUT2D eigenvalue weighted by atomic mass is 9.93. The Labute approximate surface area is 144 Å². The fraction of sp³-hybridized carbons (Fsp3) is 0.167. The Hall–Kier alpha value is -1.97. The van der Waals surface area contributed by atoms with Gasteiger partial charge in [0.2, 0.25) is 5.91 Å². The van der Waals surface area contributed by atoms with Gasteiger partial charge in [0.15, 0.2) is 0 Å².